The van der Waals surface area contributed by atoms with E-state index in [0.717, 1.165) is 5.56 Å². The molecular formula is C24H26ClF3O6. The van der Waals surface area contributed by atoms with Gasteiger partial charge in [-0.2, -0.15) is 13.2 Å². The van der Waals surface area contributed by atoms with Gasteiger partial charge in [-0.3, -0.25) is 0 Å². The highest BCUT2D eigenvalue weighted by Crippen LogP contribution is 2.57. The van der Waals surface area contributed by atoms with Crippen LogP contribution >= 0.6 is 11.6 Å². The Hall–Kier alpha value is -1.88. The number of benzene rings is 2. The second kappa shape index (κ2) is 9.64. The fraction of sp³-hybridized carbons (Fsp3) is 0.500. The van der Waals surface area contributed by atoms with Crippen molar-refractivity contribution in [2.24, 2.45) is 5.41 Å². The molecule has 1 saturated carbocycles. The van der Waals surface area contributed by atoms with E-state index in [0.29, 0.717) is 28.3 Å². The second-order valence-electron chi connectivity index (χ2n) is 8.99. The molecule has 1 aliphatic carbocycles. The molecule has 186 valence electrons. The Morgan fingerprint density at radius 2 is 1.68 bits per heavy atom. The summed E-state index contributed by atoms with van der Waals surface area (Å²) in [6.45, 7) is -0.927. The molecule has 1 saturated heterocycles. The van der Waals surface area contributed by atoms with Crippen molar-refractivity contribution < 1.29 is 43.1 Å². The van der Waals surface area contributed by atoms with Crippen LogP contribution in [0.25, 0.3) is 0 Å². The molecule has 4 rings (SSSR count). The van der Waals surface area contributed by atoms with E-state index in [4.69, 9.17) is 21.1 Å². The van der Waals surface area contributed by atoms with Gasteiger partial charge in [-0.25, -0.2) is 0 Å². The first-order chi connectivity index (χ1) is 16.0. The van der Waals surface area contributed by atoms with E-state index in [1.54, 1.807) is 42.5 Å². The molecule has 2 aromatic carbocycles. The molecule has 4 N–H and O–H groups in total. The van der Waals surface area contributed by atoms with E-state index >= 15 is 0 Å². The third kappa shape index (κ3) is 5.05. The second-order valence-corrected chi connectivity index (χ2v) is 9.40. The van der Waals surface area contributed by atoms with E-state index in [1.165, 1.54) is 0 Å². The van der Waals surface area contributed by atoms with Gasteiger partial charge in [0.15, 0.2) is 0 Å². The predicted molar refractivity (Wildman–Crippen MR) is 117 cm³/mol. The molecule has 6 nitrogen and oxygen atoms in total. The van der Waals surface area contributed by atoms with Crippen LogP contribution < -0.4 is 4.74 Å². The van der Waals surface area contributed by atoms with Gasteiger partial charge in [-0.1, -0.05) is 35.9 Å². The molecule has 2 fully saturated rings. The highest BCUT2D eigenvalue weighted by molar-refractivity contribution is 6.31. The molecule has 10 heteroatoms. The lowest BCUT2D eigenvalue weighted by molar-refractivity contribution is -0.231. The summed E-state index contributed by atoms with van der Waals surface area (Å²) in [5, 5.41) is 40.3. The van der Waals surface area contributed by atoms with Crippen molar-refractivity contribution in [2.45, 2.75) is 56.0 Å². The molecular weight excluding hydrogens is 477 g/mol. The number of ether oxygens (including phenoxy) is 2. The zero-order valence-corrected chi connectivity index (χ0v) is 18.8. The SMILES string of the molecule is OC[C@H]1O[C@@H](c2ccc(Cl)c(Cc3ccc(OCC4(C(F)(F)F)CC4)cc3)c2)[C@H](O)[C@@H](O)[C@@H]1O. The summed E-state index contributed by atoms with van der Waals surface area (Å²) in [7, 11) is 0. The zero-order chi connectivity index (χ0) is 24.7. The summed E-state index contributed by atoms with van der Waals surface area (Å²) in [5.74, 6) is 0.348. The first kappa shape index (κ1) is 25.2. The van der Waals surface area contributed by atoms with Crippen molar-refractivity contribution in [1.82, 2.24) is 0 Å². The van der Waals surface area contributed by atoms with Gasteiger partial charge < -0.3 is 29.9 Å². The molecule has 0 spiro atoms. The minimum atomic E-state index is -4.27. The van der Waals surface area contributed by atoms with Gasteiger partial charge in [-0.15, -0.1) is 0 Å². The van der Waals surface area contributed by atoms with Crippen molar-refractivity contribution >= 4 is 11.6 Å². The minimum Gasteiger partial charge on any atom is -0.493 e. The Kier molecular flexibility index (Phi) is 7.15. The number of hydrogen-bond acceptors (Lipinski definition) is 6. The summed E-state index contributed by atoms with van der Waals surface area (Å²) >= 11 is 6.35. The third-order valence-electron chi connectivity index (χ3n) is 6.58. The Morgan fingerprint density at radius 1 is 1.00 bits per heavy atom. The van der Waals surface area contributed by atoms with Crippen molar-refractivity contribution in [3.63, 3.8) is 0 Å². The molecule has 0 amide bonds. The molecule has 0 radical (unpaired) electrons. The number of hydrogen-bond donors (Lipinski definition) is 4. The van der Waals surface area contributed by atoms with Crippen LogP contribution in [-0.4, -0.2) is 64.2 Å². The average Bonchev–Trinajstić information content (AvgIpc) is 3.60. The first-order valence-electron chi connectivity index (χ1n) is 10.9. The maximum Gasteiger partial charge on any atom is 0.397 e. The van der Waals surface area contributed by atoms with Crippen LogP contribution in [0.2, 0.25) is 5.02 Å². The van der Waals surface area contributed by atoms with E-state index in [1.807, 2.05) is 0 Å². The maximum atomic E-state index is 13.1. The zero-order valence-electron chi connectivity index (χ0n) is 18.1. The van der Waals surface area contributed by atoms with Crippen LogP contribution in [0, 0.1) is 5.41 Å². The first-order valence-corrected chi connectivity index (χ1v) is 11.3. The fourth-order valence-electron chi connectivity index (χ4n) is 4.09. The lowest BCUT2D eigenvalue weighted by atomic mass is 9.90. The monoisotopic (exact) mass is 502 g/mol. The standard InChI is InChI=1S/C24H26ClF3O6/c25-17-6-3-14(22-21(32)20(31)19(30)18(11-29)34-22)10-15(17)9-13-1-4-16(5-2-13)33-12-23(7-8-23)24(26,27)28/h1-6,10,18-22,29-32H,7-9,11-12H2/t18-,19-,20+,21-,22+/m1/s1. The molecule has 34 heavy (non-hydrogen) atoms. The van der Waals surface area contributed by atoms with Gasteiger partial charge in [0.2, 0.25) is 0 Å². The number of alkyl halides is 3. The van der Waals surface area contributed by atoms with Crippen molar-refractivity contribution in [3.8, 4) is 5.75 Å². The van der Waals surface area contributed by atoms with Crippen molar-refractivity contribution in [1.29, 1.82) is 0 Å². The van der Waals surface area contributed by atoms with Crippen LogP contribution in [0.4, 0.5) is 13.2 Å². The number of aliphatic hydroxyl groups is 4. The quantitative estimate of drug-likeness (QED) is 0.464. The third-order valence-corrected chi connectivity index (χ3v) is 6.95. The highest BCUT2D eigenvalue weighted by Gasteiger charge is 2.63. The van der Waals surface area contributed by atoms with Gasteiger partial charge >= 0.3 is 6.18 Å². The van der Waals surface area contributed by atoms with Crippen LogP contribution in [0.5, 0.6) is 5.75 Å². The number of halogens is 4. The molecule has 2 aliphatic rings. The van der Waals surface area contributed by atoms with Crippen molar-refractivity contribution in [2.75, 3.05) is 13.2 Å². The molecule has 1 aliphatic heterocycles. The minimum absolute atomic E-state index is 0.0812. The summed E-state index contributed by atoms with van der Waals surface area (Å²) in [6.07, 6.45) is -10.1. The highest BCUT2D eigenvalue weighted by atomic mass is 35.5. The van der Waals surface area contributed by atoms with Gasteiger partial charge in [-0.05, 0) is 54.2 Å². The Bertz CT molecular complexity index is 993. The van der Waals surface area contributed by atoms with E-state index < -0.39 is 55.3 Å². The smallest absolute Gasteiger partial charge is 0.397 e. The molecule has 0 bridgehead atoms. The lowest BCUT2D eigenvalue weighted by Crippen LogP contribution is -2.55. The maximum absolute atomic E-state index is 13.1. The molecule has 2 aromatic rings. The average molecular weight is 503 g/mol. The topological polar surface area (TPSA) is 99.4 Å². The summed E-state index contributed by atoms with van der Waals surface area (Å²) in [6, 6.07) is 11.6. The van der Waals surface area contributed by atoms with E-state index in [-0.39, 0.29) is 12.8 Å². The van der Waals surface area contributed by atoms with E-state index in [2.05, 4.69) is 0 Å². The van der Waals surface area contributed by atoms with Crippen LogP contribution in [0.15, 0.2) is 42.5 Å². The van der Waals surface area contributed by atoms with Gasteiger partial charge in [0.1, 0.15) is 48.3 Å². The fourth-order valence-corrected chi connectivity index (χ4v) is 4.27. The van der Waals surface area contributed by atoms with Crippen LogP contribution in [-0.2, 0) is 11.2 Å². The number of aliphatic hydroxyl groups excluding tert-OH is 4. The van der Waals surface area contributed by atoms with Crippen molar-refractivity contribution in [3.05, 3.63) is 64.2 Å². The Balaban J connectivity index is 1.45. The Morgan fingerprint density at radius 3 is 2.26 bits per heavy atom. The molecule has 0 unspecified atom stereocenters. The van der Waals surface area contributed by atoms with Crippen LogP contribution in [0.3, 0.4) is 0 Å². The normalized spacial score (nSPS) is 28.5. The molecule has 1 heterocycles. The summed E-state index contributed by atoms with van der Waals surface area (Å²) in [5.41, 5.74) is 0.304. The van der Waals surface area contributed by atoms with E-state index in [9.17, 15) is 33.6 Å². The van der Waals surface area contributed by atoms with Crippen LogP contribution in [0.1, 0.15) is 35.6 Å². The molecule has 5 atom stereocenters. The largest absolute Gasteiger partial charge is 0.493 e. The van der Waals surface area contributed by atoms with Gasteiger partial charge in [0, 0.05) is 5.02 Å². The lowest BCUT2D eigenvalue weighted by Gasteiger charge is -2.40. The Labute approximate surface area is 199 Å². The van der Waals surface area contributed by atoms with Gasteiger partial charge in [0.05, 0.1) is 6.61 Å². The molecule has 0 aromatic heterocycles. The number of rotatable bonds is 7. The summed E-state index contributed by atoms with van der Waals surface area (Å²) < 4.78 is 50.2. The van der Waals surface area contributed by atoms with Gasteiger partial charge in [0.25, 0.3) is 0 Å². The summed E-state index contributed by atoms with van der Waals surface area (Å²) in [4.78, 5) is 0. The predicted octanol–water partition coefficient (Wildman–Crippen LogP) is 3.17.